The zero-order valence-electron chi connectivity index (χ0n) is 22.3. The highest BCUT2D eigenvalue weighted by molar-refractivity contribution is 5.98. The first-order valence-corrected chi connectivity index (χ1v) is 13.1. The van der Waals surface area contributed by atoms with Crippen LogP contribution in [-0.2, 0) is 13.0 Å². The van der Waals surface area contributed by atoms with Crippen LogP contribution in [-0.4, -0.2) is 37.3 Å². The second-order valence-electron chi connectivity index (χ2n) is 10.1. The number of carbonyl (C=O) groups excluding carboxylic acids is 2. The second kappa shape index (κ2) is 10.4. The average molecular weight is 582 g/mol. The predicted octanol–water partition coefficient (Wildman–Crippen LogP) is 0.990. The number of nitrogens with zero attached hydrogens (tertiary/aromatic N) is 2. The molecule has 0 unspecified atom stereocenters. The number of imidazole rings is 1. The van der Waals surface area contributed by atoms with Crippen molar-refractivity contribution in [3.05, 3.63) is 119 Å². The lowest BCUT2D eigenvalue weighted by Gasteiger charge is -2.15. The van der Waals surface area contributed by atoms with E-state index in [1.807, 2.05) is 0 Å². The van der Waals surface area contributed by atoms with Crippen LogP contribution in [0.4, 0.5) is 17.1 Å². The van der Waals surface area contributed by atoms with Crippen molar-refractivity contribution in [3.63, 3.8) is 0 Å². The van der Waals surface area contributed by atoms with Crippen molar-refractivity contribution in [1.82, 2.24) is 25.0 Å². The number of hydrogen-bond acceptors (Lipinski definition) is 9. The van der Waals surface area contributed by atoms with Crippen molar-refractivity contribution in [2.45, 2.75) is 25.4 Å². The van der Waals surface area contributed by atoms with Crippen LogP contribution in [0, 0.1) is 0 Å². The number of hydrogen-bond donors (Lipinski definition) is 6. The fourth-order valence-electron chi connectivity index (χ4n) is 5.15. The number of fused-ring (bicyclic) bond motifs is 2. The highest BCUT2D eigenvalue weighted by atomic mass is 16.4. The molecule has 1 aliphatic rings. The lowest BCUT2D eigenvalue weighted by molar-refractivity contribution is 0.0696. The van der Waals surface area contributed by atoms with E-state index in [1.165, 1.54) is 18.3 Å². The molecule has 7 N–H and O–H groups in total. The summed E-state index contributed by atoms with van der Waals surface area (Å²) in [5.41, 5.74) is 6.16. The number of H-pyrrole nitrogens is 1. The maximum Gasteiger partial charge on any atom is 0.335 e. The number of aromatic amines is 1. The molecule has 43 heavy (non-hydrogen) atoms. The van der Waals surface area contributed by atoms with Gasteiger partial charge in [0.25, 0.3) is 22.7 Å². The number of carboxylic acid groups (broad SMARTS) is 1. The zero-order chi connectivity index (χ0) is 30.4. The van der Waals surface area contributed by atoms with Crippen LogP contribution in [0.1, 0.15) is 60.5 Å². The number of aromatic nitrogens is 3. The predicted molar refractivity (Wildman–Crippen MR) is 154 cm³/mol. The number of nitrogens with one attached hydrogen (secondary N) is 4. The van der Waals surface area contributed by atoms with E-state index in [4.69, 9.17) is 5.73 Å². The molecule has 0 radical (unpaired) electrons. The fraction of sp³-hybridized carbons (Fsp3) is 0.138. The lowest BCUT2D eigenvalue weighted by atomic mass is 10.0. The number of aromatic carboxylic acids is 1. The topological polar surface area (TPSA) is 218 Å². The molecule has 216 valence electrons. The number of carboxylic acids is 1. The van der Waals surface area contributed by atoms with E-state index in [-0.39, 0.29) is 40.5 Å². The summed E-state index contributed by atoms with van der Waals surface area (Å²) >= 11 is 0. The van der Waals surface area contributed by atoms with Gasteiger partial charge in [-0.3, -0.25) is 19.2 Å². The van der Waals surface area contributed by atoms with Gasteiger partial charge >= 0.3 is 11.7 Å². The standard InChI is InChI=1S/C29H23N7O7/c30-22-23(25(38)24(22)37)33-16-3-1-2-13(8-16)11-31-26(39)19-10-20(36-21(34-19)12-32-29(36)43)27(40)35-18-7-5-14-9-15(28(41)42)4-6-17(14)18/h1-4,6,8-10,12,18,33H,5,7,11,30H2,(H,31,39)(H,32,43)(H,35,40)(H,41,42)/t18-/m0/s1. The monoisotopic (exact) mass is 581 g/mol. The van der Waals surface area contributed by atoms with Crippen molar-refractivity contribution < 1.29 is 19.5 Å². The van der Waals surface area contributed by atoms with Gasteiger partial charge in [-0.2, -0.15) is 0 Å². The summed E-state index contributed by atoms with van der Waals surface area (Å²) in [7, 11) is 0. The van der Waals surface area contributed by atoms with Gasteiger partial charge in [-0.05, 0) is 59.9 Å². The van der Waals surface area contributed by atoms with Crippen LogP contribution in [0.25, 0.3) is 5.65 Å². The van der Waals surface area contributed by atoms with E-state index < -0.39 is 40.4 Å². The Balaban J connectivity index is 1.20. The summed E-state index contributed by atoms with van der Waals surface area (Å²) in [6.07, 6.45) is 2.40. The highest BCUT2D eigenvalue weighted by Gasteiger charge is 2.27. The molecule has 0 spiro atoms. The van der Waals surface area contributed by atoms with Gasteiger partial charge in [0.2, 0.25) is 0 Å². The van der Waals surface area contributed by atoms with Crippen LogP contribution in [0.3, 0.4) is 0 Å². The Morgan fingerprint density at radius 1 is 1.05 bits per heavy atom. The molecule has 0 saturated heterocycles. The first kappa shape index (κ1) is 27.1. The van der Waals surface area contributed by atoms with Crippen molar-refractivity contribution in [2.75, 3.05) is 11.1 Å². The minimum absolute atomic E-state index is 0.0161. The van der Waals surface area contributed by atoms with Crippen molar-refractivity contribution >= 4 is 40.5 Å². The van der Waals surface area contributed by atoms with Crippen molar-refractivity contribution in [3.8, 4) is 0 Å². The summed E-state index contributed by atoms with van der Waals surface area (Å²) in [6, 6.07) is 12.3. The number of rotatable bonds is 8. The molecule has 3 aromatic carbocycles. The van der Waals surface area contributed by atoms with E-state index >= 15 is 0 Å². The SMILES string of the molecule is Nc1c(Nc2cccc(CNC(=O)c3cc(C(=O)N[C@H]4CCc5cc(C(=O)O)ccc54)n4c(=O)[nH]cc4n3)c2)c(=O)c1=O. The van der Waals surface area contributed by atoms with Crippen LogP contribution < -0.4 is 38.2 Å². The van der Waals surface area contributed by atoms with E-state index in [1.54, 1.807) is 36.4 Å². The number of carbonyl (C=O) groups is 3. The molecule has 6 rings (SSSR count). The molecular formula is C29H23N7O7. The normalized spacial score (nSPS) is 14.0. The fourth-order valence-corrected chi connectivity index (χ4v) is 5.15. The third kappa shape index (κ3) is 4.90. The molecule has 0 fully saturated rings. The van der Waals surface area contributed by atoms with Crippen LogP contribution in [0.5, 0.6) is 0 Å². The molecule has 5 aromatic rings. The van der Waals surface area contributed by atoms with Gasteiger partial charge in [0.1, 0.15) is 22.8 Å². The maximum atomic E-state index is 13.4. The maximum absolute atomic E-state index is 13.4. The molecule has 0 bridgehead atoms. The van der Waals surface area contributed by atoms with Crippen molar-refractivity contribution in [1.29, 1.82) is 0 Å². The molecule has 1 atom stereocenters. The Hall–Kier alpha value is -6.05. The number of nitrogen functional groups attached to an aromatic ring is 1. The minimum Gasteiger partial charge on any atom is -0.478 e. The number of aryl methyl sites for hydroxylation is 1. The Morgan fingerprint density at radius 2 is 1.86 bits per heavy atom. The van der Waals surface area contributed by atoms with Gasteiger partial charge < -0.3 is 31.8 Å². The molecule has 0 saturated carbocycles. The van der Waals surface area contributed by atoms with E-state index in [0.29, 0.717) is 24.1 Å². The molecule has 14 nitrogen and oxygen atoms in total. The Kier molecular flexibility index (Phi) is 6.57. The second-order valence-corrected chi connectivity index (χ2v) is 10.1. The smallest absolute Gasteiger partial charge is 0.335 e. The van der Waals surface area contributed by atoms with E-state index in [0.717, 1.165) is 15.5 Å². The molecular weight excluding hydrogens is 558 g/mol. The number of anilines is 3. The third-order valence-electron chi connectivity index (χ3n) is 7.34. The van der Waals surface area contributed by atoms with Gasteiger partial charge in [-0.15, -0.1) is 0 Å². The quantitative estimate of drug-likeness (QED) is 0.143. The van der Waals surface area contributed by atoms with Gasteiger partial charge in [-0.1, -0.05) is 18.2 Å². The van der Waals surface area contributed by atoms with E-state index in [2.05, 4.69) is 25.9 Å². The van der Waals surface area contributed by atoms with Crippen LogP contribution >= 0.6 is 0 Å². The van der Waals surface area contributed by atoms with Crippen LogP contribution in [0.15, 0.2) is 69.1 Å². The minimum atomic E-state index is -1.04. The third-order valence-corrected chi connectivity index (χ3v) is 7.34. The van der Waals surface area contributed by atoms with Gasteiger partial charge in [-0.25, -0.2) is 19.0 Å². The van der Waals surface area contributed by atoms with Gasteiger partial charge in [0.05, 0.1) is 11.6 Å². The molecule has 2 aromatic heterocycles. The summed E-state index contributed by atoms with van der Waals surface area (Å²) in [5, 5.41) is 17.7. The Labute approximate surface area is 240 Å². The van der Waals surface area contributed by atoms with E-state index in [9.17, 15) is 33.9 Å². The average Bonchev–Trinajstić information content (AvgIpc) is 3.60. The lowest BCUT2D eigenvalue weighted by Crippen LogP contribution is -2.36. The Morgan fingerprint density at radius 3 is 2.63 bits per heavy atom. The van der Waals surface area contributed by atoms with Crippen molar-refractivity contribution in [2.24, 2.45) is 0 Å². The zero-order valence-corrected chi connectivity index (χ0v) is 22.3. The summed E-state index contributed by atoms with van der Waals surface area (Å²) in [6.45, 7) is 0.0568. The first-order chi connectivity index (χ1) is 20.6. The summed E-state index contributed by atoms with van der Waals surface area (Å²) in [4.78, 5) is 80.1. The van der Waals surface area contributed by atoms with Gasteiger partial charge in [0, 0.05) is 18.4 Å². The molecule has 1 aliphatic carbocycles. The number of amides is 2. The number of nitrogens with two attached hydrogens (primary N) is 1. The summed E-state index contributed by atoms with van der Waals surface area (Å²) < 4.78 is 1.07. The molecule has 2 heterocycles. The molecule has 14 heteroatoms. The largest absolute Gasteiger partial charge is 0.478 e. The van der Waals surface area contributed by atoms with Crippen LogP contribution in [0.2, 0.25) is 0 Å². The Bertz CT molecular complexity index is 2100. The van der Waals surface area contributed by atoms with Gasteiger partial charge in [0.15, 0.2) is 5.65 Å². The highest BCUT2D eigenvalue weighted by Crippen LogP contribution is 2.32. The molecule has 0 aliphatic heterocycles. The molecule has 2 amide bonds. The number of benzene rings is 2. The first-order valence-electron chi connectivity index (χ1n) is 13.1. The summed E-state index contributed by atoms with van der Waals surface area (Å²) in [5.74, 6) is -2.26.